The zero-order valence-electron chi connectivity index (χ0n) is 17.7. The third-order valence-corrected chi connectivity index (χ3v) is 8.58. The van der Waals surface area contributed by atoms with Crippen LogP contribution in [0.15, 0.2) is 35.5 Å². The highest BCUT2D eigenvalue weighted by Crippen LogP contribution is 2.66. The topological polar surface area (TPSA) is 112 Å². The highest BCUT2D eigenvalue weighted by atomic mass is 16.4. The lowest BCUT2D eigenvalue weighted by Crippen LogP contribution is -2.59. The third-order valence-electron chi connectivity index (χ3n) is 8.58. The number of fused-ring (bicyclic) bond motifs is 5. The maximum Gasteiger partial charge on any atom is 0.306 e. The van der Waals surface area contributed by atoms with Crippen molar-refractivity contribution >= 4 is 17.5 Å². The molecule has 2 fully saturated rings. The Balaban J connectivity index is 1.73. The lowest BCUT2D eigenvalue weighted by molar-refractivity contribution is -0.169. The van der Waals surface area contributed by atoms with Crippen LogP contribution in [-0.4, -0.2) is 44.6 Å². The van der Waals surface area contributed by atoms with Gasteiger partial charge in [0.05, 0.1) is 6.42 Å². The zero-order valence-corrected chi connectivity index (χ0v) is 17.7. The molecule has 7 atom stereocenters. The normalized spacial score (nSPS) is 43.1. The van der Waals surface area contributed by atoms with Crippen LogP contribution in [0, 0.1) is 28.6 Å². The van der Waals surface area contributed by atoms with Gasteiger partial charge < -0.3 is 15.3 Å². The van der Waals surface area contributed by atoms with Crippen molar-refractivity contribution in [3.8, 4) is 0 Å². The second kappa shape index (κ2) is 6.72. The summed E-state index contributed by atoms with van der Waals surface area (Å²) in [5, 5.41) is 30.9. The summed E-state index contributed by atoms with van der Waals surface area (Å²) >= 11 is 0. The Labute approximate surface area is 176 Å². The Kier molecular flexibility index (Phi) is 4.75. The van der Waals surface area contributed by atoms with Crippen molar-refractivity contribution in [2.75, 3.05) is 0 Å². The molecule has 162 valence electrons. The molecule has 4 aliphatic rings. The van der Waals surface area contributed by atoms with E-state index in [1.54, 1.807) is 12.2 Å². The van der Waals surface area contributed by atoms with Crippen molar-refractivity contribution in [2.24, 2.45) is 28.6 Å². The number of ketones is 2. The molecule has 0 bridgehead atoms. The standard InChI is InChI=1S/C24H30O6/c1-13-10-18-16-5-4-14-11-15(25)6-8-22(14,2)17(16)7-9-23(18,3)24(13,30)21(29)19(26)12-20(27)28/h6-8,11,13,16,18-19,26,30H,4-5,9-10,12H2,1-3H3,(H,27,28)/t13-,16-,18+,19?,22+,23+,24+/m1/s1. The minimum Gasteiger partial charge on any atom is -0.481 e. The van der Waals surface area contributed by atoms with E-state index < -0.39 is 35.3 Å². The molecule has 30 heavy (non-hydrogen) atoms. The maximum absolute atomic E-state index is 13.1. The van der Waals surface area contributed by atoms with Gasteiger partial charge >= 0.3 is 5.97 Å². The van der Waals surface area contributed by atoms with Crippen LogP contribution < -0.4 is 0 Å². The van der Waals surface area contributed by atoms with Crippen LogP contribution in [0.2, 0.25) is 0 Å². The summed E-state index contributed by atoms with van der Waals surface area (Å²) in [5.74, 6) is -2.19. The van der Waals surface area contributed by atoms with Crippen molar-refractivity contribution in [2.45, 2.75) is 64.6 Å². The first-order chi connectivity index (χ1) is 13.9. The fraction of sp³-hybridized carbons (Fsp3) is 0.625. The SMILES string of the molecule is C[C@@H]1C[C@H]2[C@@H]3CCC4=CC(=O)C=C[C@]4(C)C3=CC[C@]2(C)[C@@]1(O)C(=O)C(O)CC(=O)O. The van der Waals surface area contributed by atoms with Crippen molar-refractivity contribution in [1.29, 1.82) is 0 Å². The predicted octanol–water partition coefficient (Wildman–Crippen LogP) is 2.60. The Hall–Kier alpha value is -2.05. The monoisotopic (exact) mass is 414 g/mol. The minimum atomic E-state index is -1.77. The second-order valence-corrected chi connectivity index (χ2v) is 10.0. The molecule has 4 aliphatic carbocycles. The van der Waals surface area contributed by atoms with Crippen LogP contribution in [0.25, 0.3) is 0 Å². The Morgan fingerprint density at radius 1 is 1.30 bits per heavy atom. The van der Waals surface area contributed by atoms with E-state index in [0.29, 0.717) is 12.8 Å². The van der Waals surface area contributed by atoms with E-state index in [1.165, 1.54) is 5.57 Å². The molecule has 0 amide bonds. The minimum absolute atomic E-state index is 0.0176. The number of carbonyl (C=O) groups is 3. The van der Waals surface area contributed by atoms with E-state index >= 15 is 0 Å². The third kappa shape index (κ3) is 2.66. The largest absolute Gasteiger partial charge is 0.481 e. The number of carbonyl (C=O) groups excluding carboxylic acids is 2. The van der Waals surface area contributed by atoms with Gasteiger partial charge in [0.15, 0.2) is 11.6 Å². The number of carboxylic acid groups (broad SMARTS) is 1. The summed E-state index contributed by atoms with van der Waals surface area (Å²) in [5.41, 5.74) is -0.487. The van der Waals surface area contributed by atoms with E-state index in [2.05, 4.69) is 13.0 Å². The van der Waals surface area contributed by atoms with Crippen LogP contribution in [0.5, 0.6) is 0 Å². The number of rotatable bonds is 4. The van der Waals surface area contributed by atoms with Gasteiger partial charge in [-0.1, -0.05) is 37.1 Å². The molecule has 0 saturated heterocycles. The quantitative estimate of drug-likeness (QED) is 0.610. The molecule has 0 aromatic rings. The van der Waals surface area contributed by atoms with Gasteiger partial charge in [-0.15, -0.1) is 0 Å². The lowest BCUT2D eigenvalue weighted by atomic mass is 9.51. The van der Waals surface area contributed by atoms with Crippen molar-refractivity contribution < 1.29 is 29.7 Å². The highest BCUT2D eigenvalue weighted by Gasteiger charge is 2.67. The van der Waals surface area contributed by atoms with Crippen LogP contribution >= 0.6 is 0 Å². The van der Waals surface area contributed by atoms with Gasteiger partial charge in [0, 0.05) is 10.8 Å². The Morgan fingerprint density at radius 3 is 2.67 bits per heavy atom. The zero-order chi connectivity index (χ0) is 22.1. The molecule has 0 spiro atoms. The number of hydrogen-bond acceptors (Lipinski definition) is 5. The molecule has 0 aromatic heterocycles. The molecule has 6 nitrogen and oxygen atoms in total. The number of allylic oxidation sites excluding steroid dienone is 6. The fourth-order valence-corrected chi connectivity index (χ4v) is 6.90. The van der Waals surface area contributed by atoms with Crippen LogP contribution in [0.4, 0.5) is 0 Å². The number of aliphatic hydroxyl groups is 2. The lowest BCUT2D eigenvalue weighted by Gasteiger charge is -2.53. The summed E-state index contributed by atoms with van der Waals surface area (Å²) in [6.45, 7) is 5.87. The van der Waals surface area contributed by atoms with Crippen LogP contribution in [0.1, 0.15) is 52.9 Å². The van der Waals surface area contributed by atoms with Crippen LogP contribution in [0.3, 0.4) is 0 Å². The first-order valence-corrected chi connectivity index (χ1v) is 10.8. The van der Waals surface area contributed by atoms with Gasteiger partial charge in [0.2, 0.25) is 0 Å². The molecule has 1 unspecified atom stereocenters. The first-order valence-electron chi connectivity index (χ1n) is 10.8. The number of Topliss-reactive ketones (excluding diaryl/α,β-unsaturated/α-hetero) is 1. The van der Waals surface area contributed by atoms with Gasteiger partial charge in [-0.25, -0.2) is 0 Å². The summed E-state index contributed by atoms with van der Waals surface area (Å²) in [6, 6.07) is 0. The van der Waals surface area contributed by atoms with E-state index in [9.17, 15) is 24.6 Å². The first kappa shape index (κ1) is 21.2. The van der Waals surface area contributed by atoms with Crippen LogP contribution in [-0.2, 0) is 14.4 Å². The molecule has 0 heterocycles. The van der Waals surface area contributed by atoms with E-state index in [4.69, 9.17) is 5.11 Å². The smallest absolute Gasteiger partial charge is 0.306 e. The van der Waals surface area contributed by atoms with E-state index in [-0.39, 0.29) is 29.0 Å². The number of hydrogen-bond donors (Lipinski definition) is 3. The number of aliphatic hydroxyl groups excluding tert-OH is 1. The average molecular weight is 414 g/mol. The van der Waals surface area contributed by atoms with Crippen molar-refractivity contribution in [1.82, 2.24) is 0 Å². The summed E-state index contributed by atoms with van der Waals surface area (Å²) in [4.78, 5) is 36.0. The molecule has 3 N–H and O–H groups in total. The molecular formula is C24H30O6. The predicted molar refractivity (Wildman–Crippen MR) is 109 cm³/mol. The number of carboxylic acids is 1. The molecular weight excluding hydrogens is 384 g/mol. The summed E-state index contributed by atoms with van der Waals surface area (Å²) in [7, 11) is 0. The highest BCUT2D eigenvalue weighted by molar-refractivity contribution is 6.01. The van der Waals surface area contributed by atoms with Gasteiger partial charge in [0.1, 0.15) is 11.7 Å². The summed E-state index contributed by atoms with van der Waals surface area (Å²) in [6.07, 6.45) is 7.80. The molecule has 2 saturated carbocycles. The van der Waals surface area contributed by atoms with Gasteiger partial charge in [-0.3, -0.25) is 14.4 Å². The molecule has 0 aliphatic heterocycles. The Bertz CT molecular complexity index is 913. The maximum atomic E-state index is 13.1. The summed E-state index contributed by atoms with van der Waals surface area (Å²) < 4.78 is 0. The van der Waals surface area contributed by atoms with Crippen molar-refractivity contribution in [3.05, 3.63) is 35.5 Å². The molecule has 0 aromatic carbocycles. The average Bonchev–Trinajstić information content (AvgIpc) is 2.88. The fourth-order valence-electron chi connectivity index (χ4n) is 6.90. The van der Waals surface area contributed by atoms with Gasteiger partial charge in [0.25, 0.3) is 0 Å². The van der Waals surface area contributed by atoms with Gasteiger partial charge in [-0.2, -0.15) is 0 Å². The van der Waals surface area contributed by atoms with Crippen molar-refractivity contribution in [3.63, 3.8) is 0 Å². The molecule has 4 rings (SSSR count). The van der Waals surface area contributed by atoms with E-state index in [1.807, 2.05) is 19.9 Å². The number of aliphatic carboxylic acids is 1. The Morgan fingerprint density at radius 2 is 2.00 bits per heavy atom. The second-order valence-electron chi connectivity index (χ2n) is 10.0. The molecule has 6 heteroatoms. The van der Waals surface area contributed by atoms with Gasteiger partial charge in [-0.05, 0) is 62.5 Å². The van der Waals surface area contributed by atoms with E-state index in [0.717, 1.165) is 18.4 Å². The molecule has 0 radical (unpaired) electrons.